The smallest absolute Gasteiger partial charge is 0.307 e. The van der Waals surface area contributed by atoms with Gasteiger partial charge in [-0.2, -0.15) is 5.26 Å². The van der Waals surface area contributed by atoms with E-state index in [4.69, 9.17) is 32.4 Å². The highest BCUT2D eigenvalue weighted by atomic mass is 35.5. The summed E-state index contributed by atoms with van der Waals surface area (Å²) >= 11 is 5.84. The van der Waals surface area contributed by atoms with E-state index in [2.05, 4.69) is 0 Å². The molecule has 0 aliphatic carbocycles. The highest BCUT2D eigenvalue weighted by Gasteiger charge is 2.16. The normalized spacial score (nSPS) is 10.0. The minimum absolute atomic E-state index is 0.00474. The van der Waals surface area contributed by atoms with Gasteiger partial charge in [0.1, 0.15) is 5.75 Å². The number of carboxylic acid groups (broad SMARTS) is 1. The van der Waals surface area contributed by atoms with Gasteiger partial charge in [-0.15, -0.1) is 0 Å². The molecule has 0 fully saturated rings. The first-order valence-electron chi connectivity index (χ1n) is 6.08. The van der Waals surface area contributed by atoms with Gasteiger partial charge in [-0.05, 0) is 24.3 Å². The number of hydrogen-bond donors (Lipinski definition) is 2. The topological polar surface area (TPSA) is 96.3 Å². The average Bonchev–Trinajstić information content (AvgIpc) is 2.45. The lowest BCUT2D eigenvalue weighted by Gasteiger charge is -2.12. The quantitative estimate of drug-likeness (QED) is 0.842. The summed E-state index contributed by atoms with van der Waals surface area (Å²) < 4.78 is 19.7. The molecule has 2 aromatic carbocycles. The highest BCUT2D eigenvalue weighted by molar-refractivity contribution is 6.30. The average molecular weight is 321 g/mol. The SMILES string of the molecule is N#Cc1cc(Cl)cc(Oc2c(N)ccc(CC(=O)O)c2F)c1. The van der Waals surface area contributed by atoms with Crippen molar-refractivity contribution in [3.63, 3.8) is 0 Å². The maximum absolute atomic E-state index is 14.3. The second-order valence-corrected chi connectivity index (χ2v) is 4.85. The Labute approximate surface area is 130 Å². The zero-order valence-corrected chi connectivity index (χ0v) is 11.9. The van der Waals surface area contributed by atoms with Crippen LogP contribution in [0.5, 0.6) is 11.5 Å². The van der Waals surface area contributed by atoms with E-state index < -0.39 is 18.2 Å². The Morgan fingerprint density at radius 1 is 1.41 bits per heavy atom. The number of nitrogens with two attached hydrogens (primary N) is 1. The van der Waals surface area contributed by atoms with Crippen LogP contribution in [0, 0.1) is 17.1 Å². The minimum Gasteiger partial charge on any atom is -0.481 e. The second-order valence-electron chi connectivity index (χ2n) is 4.42. The summed E-state index contributed by atoms with van der Waals surface area (Å²) in [6.07, 6.45) is -0.499. The third-order valence-corrected chi connectivity index (χ3v) is 2.99. The molecule has 0 unspecified atom stereocenters. The molecule has 0 heterocycles. The molecule has 0 saturated carbocycles. The highest BCUT2D eigenvalue weighted by Crippen LogP contribution is 2.34. The first-order valence-corrected chi connectivity index (χ1v) is 6.45. The zero-order valence-electron chi connectivity index (χ0n) is 11.1. The number of halogens is 2. The molecule has 22 heavy (non-hydrogen) atoms. The van der Waals surface area contributed by atoms with Crippen LogP contribution in [-0.2, 0) is 11.2 Å². The van der Waals surface area contributed by atoms with E-state index in [9.17, 15) is 9.18 Å². The van der Waals surface area contributed by atoms with Gasteiger partial charge in [-0.3, -0.25) is 4.79 Å². The summed E-state index contributed by atoms with van der Waals surface area (Å²) in [6.45, 7) is 0. The molecule has 0 spiro atoms. The summed E-state index contributed by atoms with van der Waals surface area (Å²) in [4.78, 5) is 10.7. The van der Waals surface area contributed by atoms with Crippen LogP contribution >= 0.6 is 11.6 Å². The molecule has 0 amide bonds. The first-order chi connectivity index (χ1) is 10.4. The lowest BCUT2D eigenvalue weighted by molar-refractivity contribution is -0.136. The van der Waals surface area contributed by atoms with Gasteiger partial charge in [0.2, 0.25) is 0 Å². The van der Waals surface area contributed by atoms with E-state index in [1.807, 2.05) is 6.07 Å². The van der Waals surface area contributed by atoms with Gasteiger partial charge in [-0.1, -0.05) is 17.7 Å². The third kappa shape index (κ3) is 3.45. The van der Waals surface area contributed by atoms with Gasteiger partial charge >= 0.3 is 5.97 Å². The Hall–Kier alpha value is -2.78. The molecule has 0 radical (unpaired) electrons. The lowest BCUT2D eigenvalue weighted by Crippen LogP contribution is -2.05. The fraction of sp³-hybridized carbons (Fsp3) is 0.0667. The van der Waals surface area contributed by atoms with E-state index in [1.165, 1.54) is 30.3 Å². The number of aliphatic carboxylic acids is 1. The molecule has 5 nitrogen and oxygen atoms in total. The van der Waals surface area contributed by atoms with Crippen LogP contribution in [0.15, 0.2) is 30.3 Å². The molecule has 0 bridgehead atoms. The summed E-state index contributed by atoms with van der Waals surface area (Å²) in [5.41, 5.74) is 5.85. The summed E-state index contributed by atoms with van der Waals surface area (Å²) in [6, 6.07) is 8.72. The standard InChI is InChI=1S/C15H10ClFN2O3/c16-10-3-8(7-18)4-11(6-10)22-15-12(19)2-1-9(14(15)17)5-13(20)21/h1-4,6H,5,19H2,(H,20,21). The molecule has 3 N–H and O–H groups in total. The molecule has 0 saturated heterocycles. The molecule has 2 rings (SSSR count). The van der Waals surface area contributed by atoms with E-state index in [0.29, 0.717) is 0 Å². The zero-order chi connectivity index (χ0) is 16.3. The Bertz CT molecular complexity index is 787. The minimum atomic E-state index is -1.18. The van der Waals surface area contributed by atoms with Crippen molar-refractivity contribution in [3.8, 4) is 17.6 Å². The summed E-state index contributed by atoms with van der Waals surface area (Å²) in [5.74, 6) is -2.21. The van der Waals surface area contributed by atoms with Crippen LogP contribution in [0.25, 0.3) is 0 Å². The van der Waals surface area contributed by atoms with Crippen molar-refractivity contribution in [2.24, 2.45) is 0 Å². The van der Waals surface area contributed by atoms with Crippen molar-refractivity contribution in [2.45, 2.75) is 6.42 Å². The first kappa shape index (κ1) is 15.6. The molecular formula is C15H10ClFN2O3. The number of benzene rings is 2. The Balaban J connectivity index is 2.43. The number of nitrogen functional groups attached to an aromatic ring is 1. The molecular weight excluding hydrogens is 311 g/mol. The van der Waals surface area contributed by atoms with Crippen LogP contribution in [-0.4, -0.2) is 11.1 Å². The number of hydrogen-bond acceptors (Lipinski definition) is 4. The predicted octanol–water partition coefficient (Wildman–Crippen LogP) is 3.35. The van der Waals surface area contributed by atoms with Crippen molar-refractivity contribution in [1.29, 1.82) is 5.26 Å². The van der Waals surface area contributed by atoms with E-state index in [0.717, 1.165) is 0 Å². The number of rotatable bonds is 4. The van der Waals surface area contributed by atoms with Gasteiger partial charge < -0.3 is 15.6 Å². The van der Waals surface area contributed by atoms with Crippen LogP contribution in [0.1, 0.15) is 11.1 Å². The predicted molar refractivity (Wildman–Crippen MR) is 78.4 cm³/mol. The number of ether oxygens (including phenoxy) is 1. The lowest BCUT2D eigenvalue weighted by atomic mass is 10.1. The third-order valence-electron chi connectivity index (χ3n) is 2.77. The van der Waals surface area contributed by atoms with Gasteiger partial charge in [-0.25, -0.2) is 4.39 Å². The number of carboxylic acids is 1. The molecule has 0 aliphatic heterocycles. The van der Waals surface area contributed by atoms with Crippen molar-refractivity contribution in [2.75, 3.05) is 5.73 Å². The molecule has 112 valence electrons. The fourth-order valence-electron chi connectivity index (χ4n) is 1.82. The Kier molecular flexibility index (Phi) is 4.49. The molecule has 7 heteroatoms. The molecule has 0 aromatic heterocycles. The fourth-order valence-corrected chi connectivity index (χ4v) is 2.04. The number of nitriles is 1. The maximum atomic E-state index is 14.3. The van der Waals surface area contributed by atoms with Crippen LogP contribution in [0.2, 0.25) is 5.02 Å². The van der Waals surface area contributed by atoms with E-state index >= 15 is 0 Å². The van der Waals surface area contributed by atoms with Gasteiger partial charge in [0.05, 0.1) is 23.7 Å². The Morgan fingerprint density at radius 3 is 2.77 bits per heavy atom. The number of nitrogens with zero attached hydrogens (tertiary/aromatic N) is 1. The van der Waals surface area contributed by atoms with Gasteiger partial charge in [0, 0.05) is 10.6 Å². The van der Waals surface area contributed by atoms with Crippen molar-refractivity contribution < 1.29 is 19.0 Å². The molecule has 0 atom stereocenters. The van der Waals surface area contributed by atoms with Gasteiger partial charge in [0.25, 0.3) is 0 Å². The van der Waals surface area contributed by atoms with Crippen LogP contribution < -0.4 is 10.5 Å². The monoisotopic (exact) mass is 320 g/mol. The molecule has 2 aromatic rings. The Morgan fingerprint density at radius 2 is 2.14 bits per heavy atom. The summed E-state index contributed by atoms with van der Waals surface area (Å²) in [7, 11) is 0. The number of anilines is 1. The second kappa shape index (κ2) is 6.33. The van der Waals surface area contributed by atoms with Crippen molar-refractivity contribution >= 4 is 23.3 Å². The van der Waals surface area contributed by atoms with Crippen molar-refractivity contribution in [1.82, 2.24) is 0 Å². The van der Waals surface area contributed by atoms with E-state index in [-0.39, 0.29) is 33.3 Å². The van der Waals surface area contributed by atoms with Gasteiger partial charge in [0.15, 0.2) is 11.6 Å². The van der Waals surface area contributed by atoms with E-state index in [1.54, 1.807) is 0 Å². The number of carbonyl (C=O) groups is 1. The van der Waals surface area contributed by atoms with Crippen molar-refractivity contribution in [3.05, 3.63) is 52.3 Å². The largest absolute Gasteiger partial charge is 0.481 e. The summed E-state index contributed by atoms with van der Waals surface area (Å²) in [5, 5.41) is 17.9. The molecule has 0 aliphatic rings. The van der Waals surface area contributed by atoms with Crippen LogP contribution in [0.3, 0.4) is 0 Å². The maximum Gasteiger partial charge on any atom is 0.307 e. The van der Waals surface area contributed by atoms with Crippen LogP contribution in [0.4, 0.5) is 10.1 Å².